The highest BCUT2D eigenvalue weighted by atomic mass is 19.1. The van der Waals surface area contributed by atoms with Crippen LogP contribution >= 0.6 is 0 Å². The maximum absolute atomic E-state index is 14.9. The molecule has 1 unspecified atom stereocenters. The molecule has 152 valence electrons. The average Bonchev–Trinajstić information content (AvgIpc) is 2.97. The summed E-state index contributed by atoms with van der Waals surface area (Å²) in [6, 6.07) is 7.55. The van der Waals surface area contributed by atoms with Crippen molar-refractivity contribution in [1.29, 1.82) is 0 Å². The molecule has 0 spiro atoms. The second-order valence-corrected chi connectivity index (χ2v) is 6.98. The van der Waals surface area contributed by atoms with Gasteiger partial charge in [0.2, 0.25) is 0 Å². The molecule has 0 aliphatic carbocycles. The molecular weight excluding hydrogens is 380 g/mol. The van der Waals surface area contributed by atoms with Gasteiger partial charge in [0.1, 0.15) is 5.82 Å². The molecular formula is C22H21F2NO4. The Morgan fingerprint density at radius 1 is 1.17 bits per heavy atom. The monoisotopic (exact) mass is 401 g/mol. The van der Waals surface area contributed by atoms with E-state index in [0.29, 0.717) is 6.42 Å². The number of rotatable bonds is 6. The fourth-order valence-corrected chi connectivity index (χ4v) is 3.72. The van der Waals surface area contributed by atoms with Crippen LogP contribution in [0, 0.1) is 18.6 Å². The van der Waals surface area contributed by atoms with Crippen LogP contribution in [0.2, 0.25) is 0 Å². The van der Waals surface area contributed by atoms with Crippen molar-refractivity contribution < 1.29 is 28.6 Å². The predicted octanol–water partition coefficient (Wildman–Crippen LogP) is 4.98. The van der Waals surface area contributed by atoms with E-state index in [1.54, 1.807) is 0 Å². The lowest BCUT2D eigenvalue weighted by Gasteiger charge is -2.14. The molecule has 0 saturated heterocycles. The zero-order valence-electron chi connectivity index (χ0n) is 16.1. The predicted molar refractivity (Wildman–Crippen MR) is 104 cm³/mol. The van der Waals surface area contributed by atoms with Crippen molar-refractivity contribution in [2.24, 2.45) is 0 Å². The molecule has 1 atom stereocenters. The van der Waals surface area contributed by atoms with E-state index in [2.05, 4.69) is 0 Å². The number of aliphatic carboxylic acids is 1. The number of unbranched alkanes of at least 4 members (excludes halogenated alkanes) is 1. The van der Waals surface area contributed by atoms with E-state index in [1.165, 1.54) is 35.8 Å². The summed E-state index contributed by atoms with van der Waals surface area (Å²) in [6.45, 7) is 3.44. The zero-order valence-corrected chi connectivity index (χ0v) is 16.1. The number of fused-ring (bicyclic) bond motifs is 1. The summed E-state index contributed by atoms with van der Waals surface area (Å²) in [4.78, 5) is 25.1. The highest BCUT2D eigenvalue weighted by Crippen LogP contribution is 2.39. The number of phenols is 1. The summed E-state index contributed by atoms with van der Waals surface area (Å²) < 4.78 is 29.7. The van der Waals surface area contributed by atoms with E-state index in [4.69, 9.17) is 0 Å². The largest absolute Gasteiger partial charge is 0.505 e. The molecule has 1 heterocycles. The third kappa shape index (κ3) is 3.60. The van der Waals surface area contributed by atoms with E-state index in [-0.39, 0.29) is 34.1 Å². The van der Waals surface area contributed by atoms with Gasteiger partial charge in [-0.1, -0.05) is 25.8 Å². The SMILES string of the molecule is CCCCC(C(=O)O)c1c(C)n(C(=O)c2cccc(F)c2)c2ccc(O)c(F)c12. The normalized spacial score (nSPS) is 12.3. The molecule has 2 aromatic carbocycles. The van der Waals surface area contributed by atoms with Gasteiger partial charge >= 0.3 is 5.97 Å². The van der Waals surface area contributed by atoms with E-state index < -0.39 is 35.2 Å². The van der Waals surface area contributed by atoms with Crippen molar-refractivity contribution in [3.63, 3.8) is 0 Å². The second kappa shape index (κ2) is 8.03. The van der Waals surface area contributed by atoms with Crippen LogP contribution in [-0.2, 0) is 4.79 Å². The third-order valence-corrected chi connectivity index (χ3v) is 5.10. The molecule has 3 rings (SSSR count). The minimum absolute atomic E-state index is 0.0467. The summed E-state index contributed by atoms with van der Waals surface area (Å²) in [5.74, 6) is -5.00. The number of nitrogens with zero attached hydrogens (tertiary/aromatic N) is 1. The smallest absolute Gasteiger partial charge is 0.311 e. The average molecular weight is 401 g/mol. The van der Waals surface area contributed by atoms with Crippen LogP contribution in [-0.4, -0.2) is 26.7 Å². The van der Waals surface area contributed by atoms with Crippen LogP contribution in [0.1, 0.15) is 53.7 Å². The van der Waals surface area contributed by atoms with Crippen LogP contribution in [0.4, 0.5) is 8.78 Å². The van der Waals surface area contributed by atoms with Crippen molar-refractivity contribution in [2.45, 2.75) is 39.0 Å². The summed E-state index contributed by atoms with van der Waals surface area (Å²) in [5, 5.41) is 19.5. The Labute approximate surface area is 166 Å². The zero-order chi connectivity index (χ0) is 21.3. The summed E-state index contributed by atoms with van der Waals surface area (Å²) in [6.07, 6.45) is 1.60. The summed E-state index contributed by atoms with van der Waals surface area (Å²) in [7, 11) is 0. The van der Waals surface area contributed by atoms with Gasteiger partial charge in [0, 0.05) is 16.6 Å². The van der Waals surface area contributed by atoms with Crippen LogP contribution in [0.5, 0.6) is 5.75 Å². The Bertz CT molecular complexity index is 1100. The first-order chi connectivity index (χ1) is 13.8. The molecule has 0 fully saturated rings. The highest BCUT2D eigenvalue weighted by molar-refractivity contribution is 6.05. The molecule has 7 heteroatoms. The third-order valence-electron chi connectivity index (χ3n) is 5.10. The minimum atomic E-state index is -1.14. The number of carboxylic acids is 1. The van der Waals surface area contributed by atoms with E-state index >= 15 is 0 Å². The summed E-state index contributed by atoms with van der Waals surface area (Å²) >= 11 is 0. The van der Waals surface area contributed by atoms with Gasteiger partial charge in [-0.05, 0) is 49.2 Å². The molecule has 0 aliphatic rings. The number of carbonyl (C=O) groups excluding carboxylic acids is 1. The van der Waals surface area contributed by atoms with E-state index in [1.807, 2.05) is 6.92 Å². The number of phenolic OH excluding ortho intramolecular Hbond substituents is 1. The number of halogens is 2. The Kier molecular flexibility index (Phi) is 5.68. The number of carbonyl (C=O) groups is 2. The maximum Gasteiger partial charge on any atom is 0.311 e. The Morgan fingerprint density at radius 3 is 2.52 bits per heavy atom. The lowest BCUT2D eigenvalue weighted by Crippen LogP contribution is -2.16. The standard InChI is InChI=1S/C22H21F2NO4/c1-3-4-8-15(22(28)29)18-12(2)25(16-9-10-17(26)20(24)19(16)18)21(27)13-6-5-7-14(23)11-13/h5-7,9-11,15,26H,3-4,8H2,1-2H3,(H,28,29). The van der Waals surface area contributed by atoms with E-state index in [9.17, 15) is 28.6 Å². The first-order valence-electron chi connectivity index (χ1n) is 9.33. The number of aromatic nitrogens is 1. The number of hydrogen-bond donors (Lipinski definition) is 2. The Morgan fingerprint density at radius 2 is 1.90 bits per heavy atom. The van der Waals surface area contributed by atoms with Gasteiger partial charge in [-0.25, -0.2) is 8.78 Å². The van der Waals surface area contributed by atoms with Gasteiger partial charge in [0.05, 0.1) is 11.4 Å². The molecule has 2 N–H and O–H groups in total. The van der Waals surface area contributed by atoms with Crippen molar-refractivity contribution in [1.82, 2.24) is 4.57 Å². The topological polar surface area (TPSA) is 79.5 Å². The first-order valence-corrected chi connectivity index (χ1v) is 9.33. The molecule has 1 aromatic heterocycles. The number of aromatic hydroxyl groups is 1. The van der Waals surface area contributed by atoms with Crippen molar-refractivity contribution in [3.05, 3.63) is 64.9 Å². The summed E-state index contributed by atoms with van der Waals surface area (Å²) in [5.41, 5.74) is 0.580. The molecule has 29 heavy (non-hydrogen) atoms. The van der Waals surface area contributed by atoms with E-state index in [0.717, 1.165) is 18.6 Å². The molecule has 0 saturated carbocycles. The molecule has 0 radical (unpaired) electrons. The van der Waals surface area contributed by atoms with Gasteiger partial charge in [-0.15, -0.1) is 0 Å². The van der Waals surface area contributed by atoms with Crippen LogP contribution < -0.4 is 0 Å². The van der Waals surface area contributed by atoms with Gasteiger partial charge in [-0.3, -0.25) is 14.2 Å². The second-order valence-electron chi connectivity index (χ2n) is 6.98. The minimum Gasteiger partial charge on any atom is -0.505 e. The Hall–Kier alpha value is -3.22. The van der Waals surface area contributed by atoms with Crippen LogP contribution in [0.25, 0.3) is 10.9 Å². The highest BCUT2D eigenvalue weighted by Gasteiger charge is 2.31. The fraction of sp³-hybridized carbons (Fsp3) is 0.273. The fourth-order valence-electron chi connectivity index (χ4n) is 3.72. The van der Waals surface area contributed by atoms with Gasteiger partial charge in [0.15, 0.2) is 11.6 Å². The number of benzene rings is 2. The van der Waals surface area contributed by atoms with Crippen LogP contribution in [0.15, 0.2) is 36.4 Å². The quantitative estimate of drug-likeness (QED) is 0.611. The molecule has 0 bridgehead atoms. The maximum atomic E-state index is 14.9. The van der Waals surface area contributed by atoms with Crippen molar-refractivity contribution >= 4 is 22.8 Å². The Balaban J connectivity index is 2.32. The number of carboxylic acid groups (broad SMARTS) is 1. The number of hydrogen-bond acceptors (Lipinski definition) is 3. The first kappa shape index (κ1) is 20.5. The molecule has 0 aliphatic heterocycles. The van der Waals surface area contributed by atoms with Crippen molar-refractivity contribution in [3.8, 4) is 5.75 Å². The van der Waals surface area contributed by atoms with Crippen LogP contribution in [0.3, 0.4) is 0 Å². The molecule has 3 aromatic rings. The van der Waals surface area contributed by atoms with Gasteiger partial charge in [0.25, 0.3) is 5.91 Å². The van der Waals surface area contributed by atoms with Gasteiger partial charge < -0.3 is 10.2 Å². The van der Waals surface area contributed by atoms with Crippen molar-refractivity contribution in [2.75, 3.05) is 0 Å². The molecule has 0 amide bonds. The lowest BCUT2D eigenvalue weighted by atomic mass is 9.91. The van der Waals surface area contributed by atoms with Gasteiger partial charge in [-0.2, -0.15) is 0 Å². The molecule has 5 nitrogen and oxygen atoms in total. The lowest BCUT2D eigenvalue weighted by molar-refractivity contribution is -0.139.